The van der Waals surface area contributed by atoms with E-state index >= 15 is 0 Å². The van der Waals surface area contributed by atoms with E-state index in [1.54, 1.807) is 24.3 Å². The average molecular weight is 335 g/mol. The van der Waals surface area contributed by atoms with Gasteiger partial charge in [0.05, 0.1) is 11.4 Å². The predicted molar refractivity (Wildman–Crippen MR) is 93.5 cm³/mol. The van der Waals surface area contributed by atoms with E-state index < -0.39 is 11.5 Å². The second-order valence-electron chi connectivity index (χ2n) is 5.66. The Morgan fingerprint density at radius 2 is 1.88 bits per heavy atom. The summed E-state index contributed by atoms with van der Waals surface area (Å²) in [7, 11) is 0. The molecule has 0 aliphatic rings. The van der Waals surface area contributed by atoms with Gasteiger partial charge in [-0.2, -0.15) is 5.10 Å². The van der Waals surface area contributed by atoms with Crippen LogP contribution in [-0.4, -0.2) is 19.6 Å². The minimum Gasteiger partial charge on any atom is -0.323 e. The number of nitrogens with one attached hydrogen (secondary N) is 2. The fourth-order valence-corrected chi connectivity index (χ4v) is 2.57. The number of hydrogen-bond acceptors (Lipinski definition) is 4. The van der Waals surface area contributed by atoms with Gasteiger partial charge in [0, 0.05) is 11.6 Å². The Morgan fingerprint density at radius 1 is 1.12 bits per heavy atom. The summed E-state index contributed by atoms with van der Waals surface area (Å²) in [6.45, 7) is 2.00. The lowest BCUT2D eigenvalue weighted by atomic mass is 10.1. The molecule has 0 saturated carbocycles. The molecule has 2 heterocycles. The first kappa shape index (κ1) is 15.1. The number of aromatic amines is 1. The summed E-state index contributed by atoms with van der Waals surface area (Å²) < 4.78 is 15.2. The van der Waals surface area contributed by atoms with Crippen LogP contribution in [0.15, 0.2) is 59.4 Å². The van der Waals surface area contributed by atoms with Crippen molar-refractivity contribution in [3.8, 4) is 11.3 Å². The zero-order valence-electron chi connectivity index (χ0n) is 13.3. The standard InChI is InChI=1S/C18H14FN5O/c1-11-6-8-12(9-7-11)15-10-16-22-23-18(25)24(16)17(21-15)20-14-5-3-2-4-13(14)19/h2-10H,1H3,(H,20,21)(H,23,25). The Balaban J connectivity index is 1.89. The molecule has 2 aromatic carbocycles. The maximum Gasteiger partial charge on any atom is 0.350 e. The molecule has 2 N–H and O–H groups in total. The highest BCUT2D eigenvalue weighted by molar-refractivity contribution is 5.67. The van der Waals surface area contributed by atoms with Gasteiger partial charge in [-0.1, -0.05) is 42.0 Å². The summed E-state index contributed by atoms with van der Waals surface area (Å²) in [5, 5.41) is 9.27. The number of rotatable bonds is 3. The zero-order valence-corrected chi connectivity index (χ0v) is 13.3. The Morgan fingerprint density at radius 3 is 2.64 bits per heavy atom. The summed E-state index contributed by atoms with van der Waals surface area (Å²) >= 11 is 0. The normalized spacial score (nSPS) is 11.0. The van der Waals surface area contributed by atoms with Gasteiger partial charge in [-0.05, 0) is 19.1 Å². The molecule has 7 heteroatoms. The number of aromatic nitrogens is 4. The van der Waals surface area contributed by atoms with Gasteiger partial charge in [-0.15, -0.1) is 0 Å². The average Bonchev–Trinajstić information content (AvgIpc) is 2.99. The molecule has 0 aliphatic carbocycles. The molecule has 0 saturated heterocycles. The zero-order chi connectivity index (χ0) is 17.4. The third kappa shape index (κ3) is 2.76. The summed E-state index contributed by atoms with van der Waals surface area (Å²) in [5.74, 6) is -0.244. The second kappa shape index (κ2) is 5.86. The molecule has 6 nitrogen and oxygen atoms in total. The quantitative estimate of drug-likeness (QED) is 0.602. The summed E-state index contributed by atoms with van der Waals surface area (Å²) in [5.41, 5.74) is 2.81. The highest BCUT2D eigenvalue weighted by Crippen LogP contribution is 2.23. The Kier molecular flexibility index (Phi) is 3.53. The van der Waals surface area contributed by atoms with Gasteiger partial charge in [0.1, 0.15) is 5.82 Å². The summed E-state index contributed by atoms with van der Waals surface area (Å²) in [6, 6.07) is 15.7. The molecule has 0 radical (unpaired) electrons. The first-order valence-corrected chi connectivity index (χ1v) is 7.68. The number of anilines is 2. The molecule has 0 atom stereocenters. The minimum absolute atomic E-state index is 0.192. The number of halogens is 1. The lowest BCUT2D eigenvalue weighted by Crippen LogP contribution is -2.15. The molecule has 0 amide bonds. The van der Waals surface area contributed by atoms with Crippen LogP contribution in [0.2, 0.25) is 0 Å². The van der Waals surface area contributed by atoms with Crippen molar-refractivity contribution in [2.45, 2.75) is 6.92 Å². The van der Waals surface area contributed by atoms with E-state index in [4.69, 9.17) is 0 Å². The van der Waals surface area contributed by atoms with Gasteiger partial charge in [0.15, 0.2) is 5.65 Å². The Bertz CT molecular complexity index is 1110. The number of H-pyrrole nitrogens is 1. The van der Waals surface area contributed by atoms with Crippen LogP contribution in [0.3, 0.4) is 0 Å². The van der Waals surface area contributed by atoms with Crippen molar-refractivity contribution in [1.82, 2.24) is 19.6 Å². The third-order valence-electron chi connectivity index (χ3n) is 3.87. The SMILES string of the molecule is Cc1ccc(-c2cc3n[nH]c(=O)n3c(Nc3ccccc3F)n2)cc1. The van der Waals surface area contributed by atoms with E-state index in [1.807, 2.05) is 31.2 Å². The van der Waals surface area contributed by atoms with Gasteiger partial charge in [-0.25, -0.2) is 23.7 Å². The second-order valence-corrected chi connectivity index (χ2v) is 5.66. The van der Waals surface area contributed by atoms with Crippen molar-refractivity contribution in [2.75, 3.05) is 5.32 Å². The van der Waals surface area contributed by atoms with Crippen molar-refractivity contribution in [3.05, 3.63) is 76.5 Å². The number of fused-ring (bicyclic) bond motifs is 1. The van der Waals surface area contributed by atoms with Gasteiger partial charge in [0.2, 0.25) is 5.95 Å². The molecule has 124 valence electrons. The molecule has 2 aromatic heterocycles. The molecular formula is C18H14FN5O. The van der Waals surface area contributed by atoms with Crippen LogP contribution in [0, 0.1) is 12.7 Å². The van der Waals surface area contributed by atoms with E-state index in [0.29, 0.717) is 11.3 Å². The van der Waals surface area contributed by atoms with Crippen LogP contribution in [-0.2, 0) is 0 Å². The van der Waals surface area contributed by atoms with Crippen molar-refractivity contribution < 1.29 is 4.39 Å². The fourth-order valence-electron chi connectivity index (χ4n) is 2.57. The van der Waals surface area contributed by atoms with E-state index in [1.165, 1.54) is 10.5 Å². The minimum atomic E-state index is -0.447. The van der Waals surface area contributed by atoms with Crippen LogP contribution in [0.25, 0.3) is 16.9 Å². The monoisotopic (exact) mass is 335 g/mol. The molecule has 0 aliphatic heterocycles. The third-order valence-corrected chi connectivity index (χ3v) is 3.87. The van der Waals surface area contributed by atoms with Crippen LogP contribution in [0.1, 0.15) is 5.56 Å². The molecule has 0 spiro atoms. The predicted octanol–water partition coefficient (Wildman–Crippen LogP) is 3.28. The molecule has 25 heavy (non-hydrogen) atoms. The maximum absolute atomic E-state index is 14.0. The van der Waals surface area contributed by atoms with Crippen molar-refractivity contribution in [1.29, 1.82) is 0 Å². The van der Waals surface area contributed by atoms with Gasteiger partial charge >= 0.3 is 5.69 Å². The van der Waals surface area contributed by atoms with E-state index in [2.05, 4.69) is 20.5 Å². The van der Waals surface area contributed by atoms with Gasteiger partial charge < -0.3 is 5.32 Å². The smallest absolute Gasteiger partial charge is 0.323 e. The van der Waals surface area contributed by atoms with Crippen LogP contribution < -0.4 is 11.0 Å². The molecule has 0 bridgehead atoms. The van der Waals surface area contributed by atoms with Crippen LogP contribution in [0.5, 0.6) is 0 Å². The first-order chi connectivity index (χ1) is 12.1. The van der Waals surface area contributed by atoms with Crippen molar-refractivity contribution in [2.24, 2.45) is 0 Å². The van der Waals surface area contributed by atoms with Gasteiger partial charge in [-0.3, -0.25) is 0 Å². The number of aryl methyl sites for hydroxylation is 1. The van der Waals surface area contributed by atoms with Crippen LogP contribution in [0.4, 0.5) is 16.0 Å². The molecule has 4 aromatic rings. The van der Waals surface area contributed by atoms with Crippen molar-refractivity contribution in [3.63, 3.8) is 0 Å². The number of para-hydroxylation sites is 1. The summed E-state index contributed by atoms with van der Waals surface area (Å²) in [4.78, 5) is 16.5. The molecular weight excluding hydrogens is 321 g/mol. The molecule has 0 fully saturated rings. The van der Waals surface area contributed by atoms with E-state index in [-0.39, 0.29) is 11.6 Å². The first-order valence-electron chi connectivity index (χ1n) is 7.68. The number of benzene rings is 2. The van der Waals surface area contributed by atoms with Gasteiger partial charge in [0.25, 0.3) is 0 Å². The van der Waals surface area contributed by atoms with Crippen molar-refractivity contribution >= 4 is 17.3 Å². The summed E-state index contributed by atoms with van der Waals surface area (Å²) in [6.07, 6.45) is 0. The maximum atomic E-state index is 14.0. The van der Waals surface area contributed by atoms with Crippen LogP contribution >= 0.6 is 0 Å². The molecule has 0 unspecified atom stereocenters. The fraction of sp³-hybridized carbons (Fsp3) is 0.0556. The van der Waals surface area contributed by atoms with E-state index in [9.17, 15) is 9.18 Å². The molecule has 4 rings (SSSR count). The Labute approximate surface area is 142 Å². The largest absolute Gasteiger partial charge is 0.350 e. The highest BCUT2D eigenvalue weighted by Gasteiger charge is 2.13. The number of hydrogen-bond donors (Lipinski definition) is 2. The topological polar surface area (TPSA) is 75.1 Å². The highest BCUT2D eigenvalue weighted by atomic mass is 19.1. The lowest BCUT2D eigenvalue weighted by Gasteiger charge is -2.10. The Hall–Kier alpha value is -3.48. The lowest BCUT2D eigenvalue weighted by molar-refractivity contribution is 0.631. The number of nitrogens with zero attached hydrogens (tertiary/aromatic N) is 3. The van der Waals surface area contributed by atoms with E-state index in [0.717, 1.165) is 11.1 Å².